The second-order valence-electron chi connectivity index (χ2n) is 8.89. The van der Waals surface area contributed by atoms with E-state index in [1.54, 1.807) is 0 Å². The Bertz CT molecular complexity index is 987. The van der Waals surface area contributed by atoms with Gasteiger partial charge in [0.05, 0.1) is 0 Å². The monoisotopic (exact) mass is 412 g/mol. The van der Waals surface area contributed by atoms with Crippen molar-refractivity contribution in [2.75, 3.05) is 11.9 Å². The summed E-state index contributed by atoms with van der Waals surface area (Å²) in [6, 6.07) is 27.2. The Morgan fingerprint density at radius 3 is 2.03 bits per heavy atom. The number of benzene rings is 3. The minimum absolute atomic E-state index is 0.0220. The topological polar surface area (TPSA) is 32.3 Å². The Labute approximate surface area is 186 Å². The van der Waals surface area contributed by atoms with Crippen LogP contribution >= 0.6 is 0 Å². The van der Waals surface area contributed by atoms with E-state index in [1.807, 2.05) is 55.1 Å². The quantitative estimate of drug-likeness (QED) is 0.472. The minimum atomic E-state index is -0.0246. The maximum absolute atomic E-state index is 13.6. The summed E-state index contributed by atoms with van der Waals surface area (Å²) >= 11 is 0. The zero-order chi connectivity index (χ0) is 21.7. The van der Waals surface area contributed by atoms with Gasteiger partial charge in [0, 0.05) is 24.2 Å². The molecule has 1 fully saturated rings. The first-order chi connectivity index (χ1) is 15.1. The van der Waals surface area contributed by atoms with E-state index in [4.69, 9.17) is 0 Å². The number of para-hydroxylation sites is 1. The number of urea groups is 1. The molecule has 3 heteroatoms. The average Bonchev–Trinajstić information content (AvgIpc) is 3.27. The van der Waals surface area contributed by atoms with Crippen LogP contribution < -0.4 is 5.32 Å². The van der Waals surface area contributed by atoms with Crippen LogP contribution in [0.15, 0.2) is 78.9 Å². The van der Waals surface area contributed by atoms with Crippen molar-refractivity contribution < 1.29 is 4.79 Å². The minimum Gasteiger partial charge on any atom is -0.319 e. The predicted molar refractivity (Wildman–Crippen MR) is 128 cm³/mol. The Morgan fingerprint density at radius 2 is 1.42 bits per heavy atom. The Hall–Kier alpha value is -3.07. The molecular weight excluding hydrogens is 380 g/mol. The number of carbonyl (C=O) groups excluding carboxylic acids is 1. The SMILES string of the molecule is Cc1cccc(C)c1NC(=O)N(Cc1ccccc1)CC1(c2ccccc2)CCCC1. The standard InChI is InChI=1S/C28H32N2O/c1-22-12-11-13-23(2)26(22)29-27(31)30(20-24-14-5-3-6-15-24)21-28(18-9-10-19-28)25-16-7-4-8-17-25/h3-8,11-17H,9-10,18-21H2,1-2H3,(H,29,31). The molecule has 4 rings (SSSR count). The van der Waals surface area contributed by atoms with Crippen LogP contribution in [0.1, 0.15) is 47.9 Å². The first kappa shape index (κ1) is 21.2. The molecule has 3 nitrogen and oxygen atoms in total. The molecule has 1 N–H and O–H groups in total. The van der Waals surface area contributed by atoms with Gasteiger partial charge in [-0.2, -0.15) is 0 Å². The highest BCUT2D eigenvalue weighted by Crippen LogP contribution is 2.42. The van der Waals surface area contributed by atoms with E-state index in [9.17, 15) is 4.79 Å². The van der Waals surface area contributed by atoms with Crippen molar-refractivity contribution in [3.8, 4) is 0 Å². The van der Waals surface area contributed by atoms with Crippen molar-refractivity contribution in [1.29, 1.82) is 0 Å². The first-order valence-corrected chi connectivity index (χ1v) is 11.3. The number of anilines is 1. The summed E-state index contributed by atoms with van der Waals surface area (Å²) in [5.41, 5.74) is 5.63. The third-order valence-corrected chi connectivity index (χ3v) is 6.66. The highest BCUT2D eigenvalue weighted by atomic mass is 16.2. The molecule has 1 aliphatic rings. The van der Waals surface area contributed by atoms with Gasteiger partial charge in [0.1, 0.15) is 0 Å². The molecule has 0 bridgehead atoms. The van der Waals surface area contributed by atoms with Gasteiger partial charge in [-0.25, -0.2) is 4.79 Å². The summed E-state index contributed by atoms with van der Waals surface area (Å²) in [7, 11) is 0. The molecule has 160 valence electrons. The molecule has 1 saturated carbocycles. The number of amides is 2. The molecule has 0 aromatic heterocycles. The number of nitrogens with zero attached hydrogens (tertiary/aromatic N) is 1. The van der Waals surface area contributed by atoms with Gasteiger partial charge in [-0.3, -0.25) is 0 Å². The number of carbonyl (C=O) groups is 1. The third kappa shape index (κ3) is 4.82. The Balaban J connectivity index is 1.64. The van der Waals surface area contributed by atoms with E-state index in [0.717, 1.165) is 41.8 Å². The Kier molecular flexibility index (Phi) is 6.41. The molecule has 31 heavy (non-hydrogen) atoms. The lowest BCUT2D eigenvalue weighted by atomic mass is 9.78. The summed E-state index contributed by atoms with van der Waals surface area (Å²) in [4.78, 5) is 15.6. The zero-order valence-corrected chi connectivity index (χ0v) is 18.6. The average molecular weight is 413 g/mol. The molecule has 1 aliphatic carbocycles. The predicted octanol–water partition coefficient (Wildman–Crippen LogP) is 6.85. The lowest BCUT2D eigenvalue weighted by molar-refractivity contribution is 0.189. The molecule has 0 spiro atoms. The van der Waals surface area contributed by atoms with Crippen LogP contribution in [0.25, 0.3) is 0 Å². The van der Waals surface area contributed by atoms with Crippen LogP contribution in [0.4, 0.5) is 10.5 Å². The molecule has 0 atom stereocenters. The number of aryl methyl sites for hydroxylation is 2. The Morgan fingerprint density at radius 1 is 0.839 bits per heavy atom. The van der Waals surface area contributed by atoms with Gasteiger partial charge in [0.2, 0.25) is 0 Å². The summed E-state index contributed by atoms with van der Waals surface area (Å²) in [6.45, 7) is 5.42. The lowest BCUT2D eigenvalue weighted by Crippen LogP contribution is -2.44. The van der Waals surface area contributed by atoms with Gasteiger partial charge < -0.3 is 10.2 Å². The van der Waals surface area contributed by atoms with Gasteiger partial charge in [0.15, 0.2) is 0 Å². The van der Waals surface area contributed by atoms with Crippen molar-refractivity contribution in [1.82, 2.24) is 4.90 Å². The molecule has 2 amide bonds. The fourth-order valence-electron chi connectivity index (χ4n) is 4.95. The van der Waals surface area contributed by atoms with Crippen LogP contribution in [-0.2, 0) is 12.0 Å². The van der Waals surface area contributed by atoms with Crippen molar-refractivity contribution in [2.45, 2.75) is 51.5 Å². The van der Waals surface area contributed by atoms with E-state index < -0.39 is 0 Å². The van der Waals surface area contributed by atoms with Crippen molar-refractivity contribution in [2.24, 2.45) is 0 Å². The summed E-state index contributed by atoms with van der Waals surface area (Å²) in [5.74, 6) is 0. The van der Waals surface area contributed by atoms with Crippen LogP contribution in [0.5, 0.6) is 0 Å². The summed E-state index contributed by atoms with van der Waals surface area (Å²) in [5, 5.41) is 3.23. The number of hydrogen-bond acceptors (Lipinski definition) is 1. The number of hydrogen-bond donors (Lipinski definition) is 1. The normalized spacial score (nSPS) is 14.9. The molecule has 0 radical (unpaired) electrons. The molecule has 0 heterocycles. The molecule has 0 aliphatic heterocycles. The fourth-order valence-corrected chi connectivity index (χ4v) is 4.95. The maximum atomic E-state index is 13.6. The van der Waals surface area contributed by atoms with E-state index in [0.29, 0.717) is 6.54 Å². The largest absolute Gasteiger partial charge is 0.322 e. The van der Waals surface area contributed by atoms with E-state index >= 15 is 0 Å². The molecule has 0 saturated heterocycles. The number of rotatable bonds is 6. The molecule has 3 aromatic carbocycles. The van der Waals surface area contributed by atoms with Gasteiger partial charge in [-0.1, -0.05) is 91.7 Å². The fraction of sp³-hybridized carbons (Fsp3) is 0.321. The van der Waals surface area contributed by atoms with Gasteiger partial charge in [-0.05, 0) is 48.9 Å². The molecule has 3 aromatic rings. The van der Waals surface area contributed by atoms with E-state index in [1.165, 1.54) is 18.4 Å². The number of nitrogens with one attached hydrogen (secondary N) is 1. The summed E-state index contributed by atoms with van der Waals surface area (Å²) in [6.07, 6.45) is 4.68. The van der Waals surface area contributed by atoms with E-state index in [-0.39, 0.29) is 11.4 Å². The second-order valence-corrected chi connectivity index (χ2v) is 8.89. The van der Waals surface area contributed by atoms with Gasteiger partial charge in [0.25, 0.3) is 0 Å². The maximum Gasteiger partial charge on any atom is 0.322 e. The van der Waals surface area contributed by atoms with Crippen LogP contribution in [0.3, 0.4) is 0 Å². The van der Waals surface area contributed by atoms with Crippen molar-refractivity contribution in [3.63, 3.8) is 0 Å². The first-order valence-electron chi connectivity index (χ1n) is 11.3. The molecule has 0 unspecified atom stereocenters. The van der Waals surface area contributed by atoms with Crippen LogP contribution in [0.2, 0.25) is 0 Å². The van der Waals surface area contributed by atoms with E-state index in [2.05, 4.69) is 47.8 Å². The smallest absolute Gasteiger partial charge is 0.319 e. The van der Waals surface area contributed by atoms with Gasteiger partial charge >= 0.3 is 6.03 Å². The van der Waals surface area contributed by atoms with Crippen LogP contribution in [0, 0.1) is 13.8 Å². The van der Waals surface area contributed by atoms with Crippen molar-refractivity contribution in [3.05, 3.63) is 101 Å². The van der Waals surface area contributed by atoms with Crippen LogP contribution in [-0.4, -0.2) is 17.5 Å². The highest BCUT2D eigenvalue weighted by molar-refractivity contribution is 5.91. The summed E-state index contributed by atoms with van der Waals surface area (Å²) < 4.78 is 0. The third-order valence-electron chi connectivity index (χ3n) is 6.66. The highest BCUT2D eigenvalue weighted by Gasteiger charge is 2.38. The lowest BCUT2D eigenvalue weighted by Gasteiger charge is -2.36. The van der Waals surface area contributed by atoms with Crippen molar-refractivity contribution >= 4 is 11.7 Å². The zero-order valence-electron chi connectivity index (χ0n) is 18.6. The second kappa shape index (κ2) is 9.38. The molecular formula is C28H32N2O. The van der Waals surface area contributed by atoms with Gasteiger partial charge in [-0.15, -0.1) is 0 Å².